The zero-order chi connectivity index (χ0) is 58.9. The molecule has 0 radical (unpaired) electrons. The topological polar surface area (TPSA) is 247 Å². The molecule has 0 spiro atoms. The van der Waals surface area contributed by atoms with Crippen LogP contribution in [0.4, 0.5) is 0 Å². The molecule has 5 aromatic carbocycles. The van der Waals surface area contributed by atoms with E-state index in [1.807, 2.05) is 26.2 Å². The van der Waals surface area contributed by atoms with Crippen molar-refractivity contribution in [1.29, 1.82) is 0 Å². The second-order valence-electron chi connectivity index (χ2n) is 19.3. The van der Waals surface area contributed by atoms with Crippen LogP contribution in [0, 0.1) is 0 Å². The van der Waals surface area contributed by atoms with Gasteiger partial charge in [0.1, 0.15) is 0 Å². The number of nitrogens with zero attached hydrogens (tertiary/aromatic N) is 2. The number of halogens is 4. The van der Waals surface area contributed by atoms with Crippen molar-refractivity contribution in [2.24, 2.45) is 0 Å². The van der Waals surface area contributed by atoms with E-state index in [0.29, 0.717) is 33.2 Å². The summed E-state index contributed by atoms with van der Waals surface area (Å²) < 4.78 is 146. The van der Waals surface area contributed by atoms with Crippen LogP contribution in [0.15, 0.2) is 117 Å². The Labute approximate surface area is 501 Å². The lowest BCUT2D eigenvalue weighted by atomic mass is 9.85. The lowest BCUT2D eigenvalue weighted by molar-refractivity contribution is 0.0167. The predicted octanol–water partition coefficient (Wildman–Crippen LogP) is 6.07. The molecular weight excluding hydrogens is 1230 g/mol. The molecule has 5 aromatic rings. The van der Waals surface area contributed by atoms with Crippen LogP contribution in [0.2, 0.25) is 20.1 Å². The minimum atomic E-state index is -4.08. The largest absolute Gasteiger partial charge is 0.378 e. The van der Waals surface area contributed by atoms with E-state index >= 15 is 0 Å². The van der Waals surface area contributed by atoms with Gasteiger partial charge in [0.25, 0.3) is 0 Å². The molecular formula is C54H68Cl4N6O14S4. The molecule has 7 rings (SSSR count). The quantitative estimate of drug-likeness (QED) is 0.0342. The third kappa shape index (κ3) is 19.3. The van der Waals surface area contributed by atoms with E-state index in [-0.39, 0.29) is 137 Å². The molecule has 450 valence electrons. The monoisotopic (exact) mass is 1290 g/mol. The van der Waals surface area contributed by atoms with Gasteiger partial charge in [-0.1, -0.05) is 76.7 Å². The molecule has 2 aliphatic rings. The zero-order valence-corrected chi connectivity index (χ0v) is 51.6. The number of hydrogen-bond acceptors (Lipinski definition) is 16. The molecule has 2 unspecified atom stereocenters. The number of hydrogen-bond donors (Lipinski definition) is 4. The summed E-state index contributed by atoms with van der Waals surface area (Å²) in [5.41, 5.74) is 5.98. The summed E-state index contributed by atoms with van der Waals surface area (Å²) in [6.07, 6.45) is 0. The molecule has 0 saturated carbocycles. The maximum atomic E-state index is 13.0. The first-order valence-corrected chi connectivity index (χ1v) is 33.7. The Morgan fingerprint density at radius 3 is 1.01 bits per heavy atom. The van der Waals surface area contributed by atoms with Crippen molar-refractivity contribution in [3.63, 3.8) is 0 Å². The molecule has 0 aliphatic carbocycles. The number of likely N-dealkylation sites (N-methyl/N-ethyl adjacent to an activating group) is 2. The number of sulfonamides is 4. The van der Waals surface area contributed by atoms with Gasteiger partial charge in [0.15, 0.2) is 0 Å². The molecule has 0 aromatic heterocycles. The molecule has 0 bridgehead atoms. The third-order valence-electron chi connectivity index (χ3n) is 13.2. The van der Waals surface area contributed by atoms with E-state index in [9.17, 15) is 33.7 Å². The zero-order valence-electron chi connectivity index (χ0n) is 45.3. The minimum Gasteiger partial charge on any atom is -0.378 e. The van der Waals surface area contributed by atoms with Gasteiger partial charge in [-0.05, 0) is 114 Å². The van der Waals surface area contributed by atoms with Crippen LogP contribution in [-0.4, -0.2) is 176 Å². The molecule has 20 nitrogen and oxygen atoms in total. The van der Waals surface area contributed by atoms with E-state index in [0.717, 1.165) is 52.5 Å². The summed E-state index contributed by atoms with van der Waals surface area (Å²) in [6, 6.07) is 25.8. The fourth-order valence-corrected chi connectivity index (χ4v) is 14.6. The molecule has 2 aliphatic heterocycles. The summed E-state index contributed by atoms with van der Waals surface area (Å²) in [5, 5.41) is 2.32. The van der Waals surface area contributed by atoms with E-state index in [4.69, 9.17) is 74.8 Å². The average molecular weight is 1300 g/mol. The van der Waals surface area contributed by atoms with E-state index in [1.165, 1.54) is 18.2 Å². The smallest absolute Gasteiger partial charge is 0.240 e. The fourth-order valence-electron chi connectivity index (χ4n) is 9.24. The van der Waals surface area contributed by atoms with E-state index in [1.54, 1.807) is 60.7 Å². The van der Waals surface area contributed by atoms with Crippen molar-refractivity contribution in [3.8, 4) is 0 Å². The highest BCUT2D eigenvalue weighted by molar-refractivity contribution is 7.90. The van der Waals surface area contributed by atoms with Crippen molar-refractivity contribution in [2.45, 2.75) is 44.5 Å². The van der Waals surface area contributed by atoms with Gasteiger partial charge in [-0.15, -0.1) is 0 Å². The van der Waals surface area contributed by atoms with Gasteiger partial charge < -0.3 is 38.2 Å². The van der Waals surface area contributed by atoms with E-state index in [2.05, 4.69) is 28.7 Å². The van der Waals surface area contributed by atoms with Gasteiger partial charge in [-0.2, -0.15) is 0 Å². The normalized spacial score (nSPS) is 16.3. The molecule has 4 N–H and O–H groups in total. The third-order valence-corrected chi connectivity index (χ3v) is 20.2. The Morgan fingerprint density at radius 2 is 0.695 bits per heavy atom. The van der Waals surface area contributed by atoms with Gasteiger partial charge in [0.2, 0.25) is 40.1 Å². The van der Waals surface area contributed by atoms with Crippen molar-refractivity contribution in [2.75, 3.05) is 133 Å². The molecule has 2 heterocycles. The van der Waals surface area contributed by atoms with Crippen LogP contribution in [0.3, 0.4) is 0 Å². The number of benzene rings is 5. The summed E-state index contributed by atoms with van der Waals surface area (Å²) in [5.74, 6) is -0.0414. The average Bonchev–Trinajstić information content (AvgIpc) is 3.01. The van der Waals surface area contributed by atoms with Crippen LogP contribution in [0.5, 0.6) is 0 Å². The van der Waals surface area contributed by atoms with Crippen molar-refractivity contribution in [1.82, 2.24) is 28.7 Å². The van der Waals surface area contributed by atoms with Crippen LogP contribution >= 0.6 is 46.4 Å². The number of nitrogens with one attached hydrogen (secondary N) is 4. The second kappa shape index (κ2) is 31.3. The SMILES string of the molecule is CN1Cc2c(Cl)cc(Cl)cc2C(c2ccc(S(=O)(=O)NCCOCCOCCOCCNS(=O)(=O)c3cccc(S(=O)(=O)NCCOCCOCCOCCNS(=O)(=O)c4ccc(C5CN(C)Cc6c(Cl)cc(Cl)cc65)cc4)c3)cc2)C1. The Morgan fingerprint density at radius 1 is 0.402 bits per heavy atom. The highest BCUT2D eigenvalue weighted by Gasteiger charge is 2.30. The second-order valence-corrected chi connectivity index (χ2v) is 28.0. The van der Waals surface area contributed by atoms with E-state index < -0.39 is 40.1 Å². The number of rotatable bonds is 34. The Hall–Kier alpha value is -3.42. The van der Waals surface area contributed by atoms with Gasteiger partial charge in [0.05, 0.1) is 98.9 Å². The van der Waals surface area contributed by atoms with Gasteiger partial charge in [-0.25, -0.2) is 52.6 Å². The number of fused-ring (bicyclic) bond motifs is 2. The molecule has 28 heteroatoms. The lowest BCUT2D eigenvalue weighted by Crippen LogP contribution is -2.31. The van der Waals surface area contributed by atoms with Crippen LogP contribution in [0.25, 0.3) is 0 Å². The maximum absolute atomic E-state index is 13.0. The Balaban J connectivity index is 0.673. The van der Waals surface area contributed by atoms with Crippen molar-refractivity contribution in [3.05, 3.63) is 151 Å². The highest BCUT2D eigenvalue weighted by atomic mass is 35.5. The summed E-state index contributed by atoms with van der Waals surface area (Å²) in [6.45, 7) is 4.63. The van der Waals surface area contributed by atoms with Gasteiger partial charge >= 0.3 is 0 Å². The van der Waals surface area contributed by atoms with Crippen molar-refractivity contribution < 1.29 is 62.1 Å². The molecule has 82 heavy (non-hydrogen) atoms. The fraction of sp³-hybridized carbons (Fsp3) is 0.444. The first-order chi connectivity index (χ1) is 39.1. The maximum Gasteiger partial charge on any atom is 0.240 e. The lowest BCUT2D eigenvalue weighted by Gasteiger charge is -2.33. The standard InChI is InChI=1S/C54H68Cl4N6O14S4/c1-63-35-49(47-30-41(55)32-53(57)51(47)37-63)39-6-10-43(11-7-39)79(65,66)59-14-18-73-22-26-77-28-24-75-20-16-61-81(69,70)45-4-3-5-46(34-45)82(71,72)62-17-21-76-25-29-78-27-23-74-19-15-60-80(67,68)44-12-8-40(9-13-44)50-36-64(2)38-52-48(50)31-42(56)33-54(52)58/h3-13,30-34,49-50,59-62H,14-29,35-38H2,1-2H3. The highest BCUT2D eigenvalue weighted by Crippen LogP contribution is 2.40. The Kier molecular flexibility index (Phi) is 25.2. The van der Waals surface area contributed by atoms with Crippen molar-refractivity contribution >= 4 is 86.5 Å². The molecule has 0 amide bonds. The van der Waals surface area contributed by atoms with Crippen LogP contribution in [-0.2, 0) is 81.6 Å². The summed E-state index contributed by atoms with van der Waals surface area (Å²) in [4.78, 5) is 4.09. The molecule has 2 atom stereocenters. The predicted molar refractivity (Wildman–Crippen MR) is 314 cm³/mol. The molecule has 0 saturated heterocycles. The first kappa shape index (κ1) is 66.1. The first-order valence-electron chi connectivity index (χ1n) is 26.2. The van der Waals surface area contributed by atoms with Crippen LogP contribution in [0.1, 0.15) is 45.2 Å². The number of ether oxygens (including phenoxy) is 6. The summed E-state index contributed by atoms with van der Waals surface area (Å²) >= 11 is 25.6. The molecule has 0 fully saturated rings. The minimum absolute atomic E-state index is 0.0175. The Bertz CT molecular complexity index is 3160. The van der Waals surface area contributed by atoms with Gasteiger partial charge in [-0.3, -0.25) is 0 Å². The summed E-state index contributed by atoms with van der Waals surface area (Å²) in [7, 11) is -11.7. The van der Waals surface area contributed by atoms with Crippen LogP contribution < -0.4 is 18.9 Å². The van der Waals surface area contributed by atoms with Gasteiger partial charge in [0, 0.05) is 84.3 Å².